The first kappa shape index (κ1) is 20.7. The number of nitrogens with zero attached hydrogens (tertiary/aromatic N) is 4. The van der Waals surface area contributed by atoms with Gasteiger partial charge in [-0.25, -0.2) is 9.97 Å². The van der Waals surface area contributed by atoms with Crippen LogP contribution in [0.3, 0.4) is 0 Å². The van der Waals surface area contributed by atoms with Gasteiger partial charge in [-0.3, -0.25) is 4.79 Å². The first-order chi connectivity index (χ1) is 15.1. The van der Waals surface area contributed by atoms with E-state index in [1.165, 1.54) is 17.5 Å². The number of rotatable bonds is 5. The molecule has 0 aliphatic carbocycles. The maximum atomic E-state index is 13.3. The zero-order valence-electron chi connectivity index (χ0n) is 17.8. The van der Waals surface area contributed by atoms with Gasteiger partial charge in [0.1, 0.15) is 6.33 Å². The summed E-state index contributed by atoms with van der Waals surface area (Å²) in [4.78, 5) is 23.5. The first-order valence-corrected chi connectivity index (χ1v) is 10.8. The van der Waals surface area contributed by atoms with Gasteiger partial charge in [-0.2, -0.15) is 5.26 Å². The highest BCUT2D eigenvalue weighted by Gasteiger charge is 2.36. The van der Waals surface area contributed by atoms with E-state index in [0.717, 1.165) is 24.1 Å². The molecule has 5 heteroatoms. The number of carbonyl (C=O) groups excluding carboxylic acids is 1. The summed E-state index contributed by atoms with van der Waals surface area (Å²) in [6.45, 7) is 3.30. The molecule has 0 unspecified atom stereocenters. The van der Waals surface area contributed by atoms with Crippen LogP contribution in [0.1, 0.15) is 41.3 Å². The lowest BCUT2D eigenvalue weighted by Crippen LogP contribution is -2.43. The molecule has 1 amide bonds. The Morgan fingerprint density at radius 1 is 1.06 bits per heavy atom. The van der Waals surface area contributed by atoms with Crippen molar-refractivity contribution in [1.82, 2.24) is 14.9 Å². The number of benzene rings is 2. The molecule has 0 spiro atoms. The third kappa shape index (κ3) is 4.49. The van der Waals surface area contributed by atoms with E-state index in [9.17, 15) is 10.1 Å². The summed E-state index contributed by atoms with van der Waals surface area (Å²) in [5, 5.41) is 9.97. The highest BCUT2D eigenvalue weighted by molar-refractivity contribution is 6.00. The highest BCUT2D eigenvalue weighted by atomic mass is 16.2. The minimum absolute atomic E-state index is 0.00643. The number of amides is 1. The summed E-state index contributed by atoms with van der Waals surface area (Å²) in [6.07, 6.45) is 6.27. The third-order valence-corrected chi connectivity index (χ3v) is 6.23. The zero-order valence-corrected chi connectivity index (χ0v) is 17.8. The maximum absolute atomic E-state index is 13.3. The fraction of sp³-hybridized carbons (Fsp3) is 0.308. The van der Waals surface area contributed by atoms with Crippen LogP contribution in [0.2, 0.25) is 0 Å². The van der Waals surface area contributed by atoms with Crippen molar-refractivity contribution in [2.45, 2.75) is 32.6 Å². The van der Waals surface area contributed by atoms with Gasteiger partial charge >= 0.3 is 0 Å². The fourth-order valence-corrected chi connectivity index (χ4v) is 4.26. The van der Waals surface area contributed by atoms with Gasteiger partial charge in [0.15, 0.2) is 0 Å². The minimum Gasteiger partial charge on any atom is -0.339 e. The van der Waals surface area contributed by atoms with Crippen molar-refractivity contribution in [1.29, 1.82) is 5.26 Å². The van der Waals surface area contributed by atoms with Crippen molar-refractivity contribution >= 4 is 5.91 Å². The predicted octanol–water partition coefficient (Wildman–Crippen LogP) is 4.69. The lowest BCUT2D eigenvalue weighted by molar-refractivity contribution is 0.0648. The van der Waals surface area contributed by atoms with Crippen molar-refractivity contribution in [3.8, 4) is 17.3 Å². The van der Waals surface area contributed by atoms with E-state index in [4.69, 9.17) is 0 Å². The summed E-state index contributed by atoms with van der Waals surface area (Å²) in [5.41, 5.74) is 4.25. The van der Waals surface area contributed by atoms with Gasteiger partial charge in [0.05, 0.1) is 17.2 Å². The molecule has 0 radical (unpaired) electrons. The second-order valence-corrected chi connectivity index (χ2v) is 8.17. The third-order valence-electron chi connectivity index (χ3n) is 6.23. The number of carbonyl (C=O) groups is 1. The van der Waals surface area contributed by atoms with E-state index in [2.05, 4.69) is 47.2 Å². The molecule has 2 heterocycles. The Labute approximate surface area is 183 Å². The zero-order chi connectivity index (χ0) is 21.7. The fourth-order valence-electron chi connectivity index (χ4n) is 4.26. The van der Waals surface area contributed by atoms with Crippen LogP contribution in [0.4, 0.5) is 0 Å². The van der Waals surface area contributed by atoms with Crippen molar-refractivity contribution in [3.63, 3.8) is 0 Å². The SMILES string of the molecule is CCc1ccc(CC2(C#N)CCN(C(=O)c3ccccc3-c3ccncn3)CC2)cc1. The summed E-state index contributed by atoms with van der Waals surface area (Å²) < 4.78 is 0. The van der Waals surface area contributed by atoms with Gasteiger partial charge in [0, 0.05) is 30.4 Å². The summed E-state index contributed by atoms with van der Waals surface area (Å²) in [6, 6.07) is 20.5. The van der Waals surface area contributed by atoms with Crippen LogP contribution >= 0.6 is 0 Å². The smallest absolute Gasteiger partial charge is 0.254 e. The molecule has 0 N–H and O–H groups in total. The molecule has 1 fully saturated rings. The second kappa shape index (κ2) is 9.09. The van der Waals surface area contributed by atoms with Gasteiger partial charge in [-0.15, -0.1) is 0 Å². The van der Waals surface area contributed by atoms with Crippen molar-refractivity contribution in [2.75, 3.05) is 13.1 Å². The van der Waals surface area contributed by atoms with Crippen LogP contribution in [0, 0.1) is 16.7 Å². The van der Waals surface area contributed by atoms with E-state index in [1.807, 2.05) is 35.2 Å². The standard InChI is InChI=1S/C26H26N4O/c1-2-20-7-9-21(10-8-20)17-26(18-27)12-15-30(16-13-26)25(31)23-6-4-3-5-22(23)24-11-14-28-19-29-24/h3-11,14,19H,2,12-13,15-17H2,1H3. The first-order valence-electron chi connectivity index (χ1n) is 10.8. The highest BCUT2D eigenvalue weighted by Crippen LogP contribution is 2.35. The van der Waals surface area contributed by atoms with Crippen LogP contribution in [-0.2, 0) is 12.8 Å². The molecule has 5 nitrogen and oxygen atoms in total. The van der Waals surface area contributed by atoms with Crippen LogP contribution in [-0.4, -0.2) is 33.9 Å². The van der Waals surface area contributed by atoms with Crippen molar-refractivity contribution < 1.29 is 4.79 Å². The average Bonchev–Trinajstić information content (AvgIpc) is 2.85. The molecule has 0 bridgehead atoms. The Morgan fingerprint density at radius 3 is 2.42 bits per heavy atom. The van der Waals surface area contributed by atoms with Crippen LogP contribution in [0.5, 0.6) is 0 Å². The number of piperidine rings is 1. The molecule has 1 aliphatic heterocycles. The summed E-state index contributed by atoms with van der Waals surface area (Å²) in [7, 11) is 0. The summed E-state index contributed by atoms with van der Waals surface area (Å²) >= 11 is 0. The van der Waals surface area contributed by atoms with Gasteiger partial charge in [-0.1, -0.05) is 49.4 Å². The number of hydrogen-bond donors (Lipinski definition) is 0. The Morgan fingerprint density at radius 2 is 1.77 bits per heavy atom. The Balaban J connectivity index is 1.48. The summed E-state index contributed by atoms with van der Waals surface area (Å²) in [5.74, 6) is -0.00643. The van der Waals surface area contributed by atoms with E-state index in [1.54, 1.807) is 6.20 Å². The molecule has 0 saturated carbocycles. The quantitative estimate of drug-likeness (QED) is 0.612. The van der Waals surface area contributed by atoms with E-state index < -0.39 is 5.41 Å². The molecular formula is C26H26N4O. The van der Waals surface area contributed by atoms with Gasteiger partial charge < -0.3 is 4.90 Å². The maximum Gasteiger partial charge on any atom is 0.254 e. The average molecular weight is 411 g/mol. The van der Waals surface area contributed by atoms with Gasteiger partial charge in [0.2, 0.25) is 0 Å². The Hall–Kier alpha value is -3.52. The lowest BCUT2D eigenvalue weighted by atomic mass is 9.75. The molecule has 3 aromatic rings. The van der Waals surface area contributed by atoms with Gasteiger partial charge in [0.25, 0.3) is 5.91 Å². The minimum atomic E-state index is -0.420. The van der Waals surface area contributed by atoms with Crippen LogP contribution < -0.4 is 0 Å². The normalized spacial score (nSPS) is 15.3. The molecule has 1 aliphatic rings. The van der Waals surface area contributed by atoms with E-state index in [0.29, 0.717) is 31.5 Å². The van der Waals surface area contributed by atoms with Crippen molar-refractivity contribution in [3.05, 3.63) is 83.8 Å². The van der Waals surface area contributed by atoms with Crippen LogP contribution in [0.15, 0.2) is 67.1 Å². The molecule has 2 aromatic carbocycles. The number of aromatic nitrogens is 2. The monoisotopic (exact) mass is 410 g/mol. The molecule has 0 atom stereocenters. The second-order valence-electron chi connectivity index (χ2n) is 8.17. The topological polar surface area (TPSA) is 69.9 Å². The molecule has 1 aromatic heterocycles. The largest absolute Gasteiger partial charge is 0.339 e. The lowest BCUT2D eigenvalue weighted by Gasteiger charge is -2.37. The molecule has 1 saturated heterocycles. The number of aryl methyl sites for hydroxylation is 1. The molecular weight excluding hydrogens is 384 g/mol. The number of nitriles is 1. The van der Waals surface area contributed by atoms with Crippen molar-refractivity contribution in [2.24, 2.45) is 5.41 Å². The van der Waals surface area contributed by atoms with E-state index >= 15 is 0 Å². The number of hydrogen-bond acceptors (Lipinski definition) is 4. The molecule has 156 valence electrons. The molecule has 31 heavy (non-hydrogen) atoms. The van der Waals surface area contributed by atoms with Crippen LogP contribution in [0.25, 0.3) is 11.3 Å². The Kier molecular flexibility index (Phi) is 6.08. The van der Waals surface area contributed by atoms with E-state index in [-0.39, 0.29) is 5.91 Å². The number of likely N-dealkylation sites (tertiary alicyclic amines) is 1. The Bertz CT molecular complexity index is 1080. The molecule has 4 rings (SSSR count). The predicted molar refractivity (Wildman–Crippen MR) is 120 cm³/mol. The van der Waals surface area contributed by atoms with Gasteiger partial charge in [-0.05, 0) is 48.9 Å².